The van der Waals surface area contributed by atoms with E-state index in [0.29, 0.717) is 5.69 Å². The maximum absolute atomic E-state index is 13.6. The van der Waals surface area contributed by atoms with Crippen LogP contribution in [-0.2, 0) is 9.53 Å². The van der Waals surface area contributed by atoms with Gasteiger partial charge < -0.3 is 10.1 Å². The van der Waals surface area contributed by atoms with Crippen molar-refractivity contribution >= 4 is 29.2 Å². The topological polar surface area (TPSA) is 55.4 Å². The minimum absolute atomic E-state index is 0.140. The number of hydrogen-bond donors (Lipinski definition) is 1. The third-order valence-electron chi connectivity index (χ3n) is 2.92. The Bertz CT molecular complexity index is 735. The Hall–Kier alpha value is -2.47. The van der Waals surface area contributed by atoms with Gasteiger partial charge in [0.1, 0.15) is 11.6 Å². The Kier molecular flexibility index (Phi) is 5.28. The molecule has 4 nitrogen and oxygen atoms in total. The lowest BCUT2D eigenvalue weighted by atomic mass is 10.2. The van der Waals surface area contributed by atoms with Gasteiger partial charge in [0.15, 0.2) is 6.10 Å². The second-order valence-corrected chi connectivity index (χ2v) is 5.10. The molecule has 0 aliphatic heterocycles. The number of amides is 1. The highest BCUT2D eigenvalue weighted by Gasteiger charge is 2.21. The molecule has 1 atom stereocenters. The van der Waals surface area contributed by atoms with Crippen molar-refractivity contribution in [3.05, 3.63) is 64.7 Å². The second kappa shape index (κ2) is 7.19. The van der Waals surface area contributed by atoms with Gasteiger partial charge in [0.2, 0.25) is 0 Å². The smallest absolute Gasteiger partial charge is 0.341 e. The lowest BCUT2D eigenvalue weighted by Crippen LogP contribution is -2.30. The largest absolute Gasteiger partial charge is 0.449 e. The van der Waals surface area contributed by atoms with Gasteiger partial charge >= 0.3 is 5.97 Å². The van der Waals surface area contributed by atoms with E-state index in [1.807, 2.05) is 0 Å². The molecule has 0 bridgehead atoms. The van der Waals surface area contributed by atoms with Gasteiger partial charge in [-0.15, -0.1) is 0 Å². The standard InChI is InChI=1S/C16H12ClF2NO3/c1-9(15(21)20-12-5-3-11(18)4-6-12)23-16(22)13-7-2-10(17)8-14(13)19/h2-9H,1H3,(H,20,21)/t9-/m0/s1. The number of ether oxygens (including phenoxy) is 1. The monoisotopic (exact) mass is 339 g/mol. The quantitative estimate of drug-likeness (QED) is 0.862. The third kappa shape index (κ3) is 4.50. The molecule has 0 spiro atoms. The predicted molar refractivity (Wildman–Crippen MR) is 81.3 cm³/mol. The Morgan fingerprint density at radius 3 is 2.39 bits per heavy atom. The number of carbonyl (C=O) groups excluding carboxylic acids is 2. The number of esters is 1. The lowest BCUT2D eigenvalue weighted by molar-refractivity contribution is -0.123. The van der Waals surface area contributed by atoms with Gasteiger partial charge in [-0.2, -0.15) is 0 Å². The van der Waals surface area contributed by atoms with E-state index in [1.165, 1.54) is 43.3 Å². The zero-order valence-corrected chi connectivity index (χ0v) is 12.7. The number of rotatable bonds is 4. The van der Waals surface area contributed by atoms with Crippen LogP contribution in [-0.4, -0.2) is 18.0 Å². The predicted octanol–water partition coefficient (Wildman–Crippen LogP) is 3.80. The highest BCUT2D eigenvalue weighted by Crippen LogP contribution is 2.16. The summed E-state index contributed by atoms with van der Waals surface area (Å²) in [6, 6.07) is 8.56. The molecule has 0 heterocycles. The molecular formula is C16H12ClF2NO3. The molecule has 0 aromatic heterocycles. The molecule has 0 radical (unpaired) electrons. The normalized spacial score (nSPS) is 11.7. The van der Waals surface area contributed by atoms with Crippen LogP contribution in [0.1, 0.15) is 17.3 Å². The van der Waals surface area contributed by atoms with E-state index < -0.39 is 29.6 Å². The number of carbonyl (C=O) groups is 2. The second-order valence-electron chi connectivity index (χ2n) is 4.67. The molecule has 7 heteroatoms. The van der Waals surface area contributed by atoms with Crippen LogP contribution in [0.5, 0.6) is 0 Å². The fraction of sp³-hybridized carbons (Fsp3) is 0.125. The molecule has 0 saturated carbocycles. The van der Waals surface area contributed by atoms with Crippen molar-refractivity contribution in [2.75, 3.05) is 5.32 Å². The van der Waals surface area contributed by atoms with Crippen LogP contribution in [0, 0.1) is 11.6 Å². The highest BCUT2D eigenvalue weighted by atomic mass is 35.5. The van der Waals surface area contributed by atoms with Crippen molar-refractivity contribution in [3.63, 3.8) is 0 Å². The first-order chi connectivity index (χ1) is 10.9. The van der Waals surface area contributed by atoms with Gasteiger partial charge in [-0.3, -0.25) is 4.79 Å². The van der Waals surface area contributed by atoms with Crippen molar-refractivity contribution in [2.45, 2.75) is 13.0 Å². The summed E-state index contributed by atoms with van der Waals surface area (Å²) in [4.78, 5) is 23.8. The number of halogens is 3. The van der Waals surface area contributed by atoms with E-state index in [2.05, 4.69) is 5.32 Å². The zero-order chi connectivity index (χ0) is 17.0. The van der Waals surface area contributed by atoms with Crippen LogP contribution in [0.3, 0.4) is 0 Å². The Morgan fingerprint density at radius 2 is 1.78 bits per heavy atom. The van der Waals surface area contributed by atoms with E-state index in [0.717, 1.165) is 6.07 Å². The highest BCUT2D eigenvalue weighted by molar-refractivity contribution is 6.30. The summed E-state index contributed by atoms with van der Waals surface area (Å²) in [6.07, 6.45) is -1.16. The fourth-order valence-corrected chi connectivity index (χ4v) is 1.87. The average Bonchev–Trinajstić information content (AvgIpc) is 2.49. The Labute approximate surface area is 136 Å². The molecule has 0 fully saturated rings. The van der Waals surface area contributed by atoms with E-state index in [4.69, 9.17) is 16.3 Å². The molecular weight excluding hydrogens is 328 g/mol. The summed E-state index contributed by atoms with van der Waals surface area (Å²) in [5.41, 5.74) is 0.0211. The van der Waals surface area contributed by atoms with Crippen LogP contribution in [0.25, 0.3) is 0 Å². The summed E-state index contributed by atoms with van der Waals surface area (Å²) in [7, 11) is 0. The zero-order valence-electron chi connectivity index (χ0n) is 12.0. The van der Waals surface area contributed by atoms with Gasteiger partial charge in [-0.05, 0) is 49.4 Å². The summed E-state index contributed by atoms with van der Waals surface area (Å²) < 4.78 is 31.3. The van der Waals surface area contributed by atoms with Crippen molar-refractivity contribution in [1.82, 2.24) is 0 Å². The number of benzene rings is 2. The van der Waals surface area contributed by atoms with Gasteiger partial charge in [0.25, 0.3) is 5.91 Å². The van der Waals surface area contributed by atoms with Crippen LogP contribution >= 0.6 is 11.6 Å². The van der Waals surface area contributed by atoms with E-state index >= 15 is 0 Å². The summed E-state index contributed by atoms with van der Waals surface area (Å²) in [5, 5.41) is 2.59. The summed E-state index contributed by atoms with van der Waals surface area (Å²) in [5.74, 6) is -2.89. The summed E-state index contributed by atoms with van der Waals surface area (Å²) >= 11 is 5.60. The van der Waals surface area contributed by atoms with Gasteiger partial charge in [0.05, 0.1) is 5.56 Å². The SMILES string of the molecule is C[C@H](OC(=O)c1ccc(Cl)cc1F)C(=O)Nc1ccc(F)cc1. The molecule has 23 heavy (non-hydrogen) atoms. The summed E-state index contributed by atoms with van der Waals surface area (Å²) in [6.45, 7) is 1.34. The number of anilines is 1. The van der Waals surface area contributed by atoms with Gasteiger partial charge in [-0.25, -0.2) is 13.6 Å². The Morgan fingerprint density at radius 1 is 1.13 bits per heavy atom. The van der Waals surface area contributed by atoms with Gasteiger partial charge in [-0.1, -0.05) is 11.6 Å². The number of nitrogens with one attached hydrogen (secondary N) is 1. The van der Waals surface area contributed by atoms with Gasteiger partial charge in [0, 0.05) is 10.7 Å². The fourth-order valence-electron chi connectivity index (χ4n) is 1.71. The first kappa shape index (κ1) is 16.9. The van der Waals surface area contributed by atoms with E-state index in [-0.39, 0.29) is 10.6 Å². The first-order valence-corrected chi connectivity index (χ1v) is 6.97. The van der Waals surface area contributed by atoms with Crippen LogP contribution < -0.4 is 5.32 Å². The average molecular weight is 340 g/mol. The number of hydrogen-bond acceptors (Lipinski definition) is 3. The van der Waals surface area contributed by atoms with Crippen molar-refractivity contribution in [1.29, 1.82) is 0 Å². The van der Waals surface area contributed by atoms with E-state index in [9.17, 15) is 18.4 Å². The van der Waals surface area contributed by atoms with E-state index in [1.54, 1.807) is 0 Å². The van der Waals surface area contributed by atoms with Crippen LogP contribution in [0.2, 0.25) is 5.02 Å². The molecule has 2 aromatic carbocycles. The maximum Gasteiger partial charge on any atom is 0.341 e. The molecule has 2 aromatic rings. The molecule has 1 amide bonds. The van der Waals surface area contributed by atoms with Crippen LogP contribution in [0.4, 0.5) is 14.5 Å². The molecule has 0 saturated heterocycles. The molecule has 0 aliphatic carbocycles. The maximum atomic E-state index is 13.6. The van der Waals surface area contributed by atoms with Crippen molar-refractivity contribution in [3.8, 4) is 0 Å². The Balaban J connectivity index is 2.00. The third-order valence-corrected chi connectivity index (χ3v) is 3.15. The first-order valence-electron chi connectivity index (χ1n) is 6.59. The molecule has 2 rings (SSSR count). The molecule has 0 unspecified atom stereocenters. The van der Waals surface area contributed by atoms with Crippen molar-refractivity contribution in [2.24, 2.45) is 0 Å². The molecule has 0 aliphatic rings. The molecule has 120 valence electrons. The minimum Gasteiger partial charge on any atom is -0.449 e. The van der Waals surface area contributed by atoms with Crippen molar-refractivity contribution < 1.29 is 23.1 Å². The lowest BCUT2D eigenvalue weighted by Gasteiger charge is -2.14. The molecule has 1 N–H and O–H groups in total. The van der Waals surface area contributed by atoms with Crippen LogP contribution in [0.15, 0.2) is 42.5 Å². The minimum atomic E-state index is -1.16.